The van der Waals surface area contributed by atoms with Crippen molar-refractivity contribution in [3.05, 3.63) is 53.5 Å². The summed E-state index contributed by atoms with van der Waals surface area (Å²) in [5.74, 6) is 1.73. The van der Waals surface area contributed by atoms with E-state index in [0.29, 0.717) is 24.3 Å². The van der Waals surface area contributed by atoms with Crippen LogP contribution in [0.5, 0.6) is 0 Å². The van der Waals surface area contributed by atoms with Crippen LogP contribution < -0.4 is 4.72 Å². The van der Waals surface area contributed by atoms with Crippen molar-refractivity contribution in [3.63, 3.8) is 0 Å². The number of rotatable bonds is 6. The molecule has 0 radical (unpaired) electrons. The van der Waals surface area contributed by atoms with Crippen LogP contribution in [-0.4, -0.2) is 38.2 Å². The lowest BCUT2D eigenvalue weighted by Crippen LogP contribution is -2.37. The Kier molecular flexibility index (Phi) is 5.60. The van der Waals surface area contributed by atoms with E-state index in [1.165, 1.54) is 6.07 Å². The first-order valence-electron chi connectivity index (χ1n) is 9.17. The van der Waals surface area contributed by atoms with Gasteiger partial charge in [0, 0.05) is 12.6 Å². The first kappa shape index (κ1) is 20.1. The molecule has 2 aromatic rings. The Bertz CT molecular complexity index is 1010. The predicted molar refractivity (Wildman–Crippen MR) is 106 cm³/mol. The number of carbonyl (C=O) groups is 1. The van der Waals surface area contributed by atoms with Gasteiger partial charge in [-0.15, -0.1) is 0 Å². The summed E-state index contributed by atoms with van der Waals surface area (Å²) in [5.41, 5.74) is 0.494. The topological polar surface area (TPSA) is 92.0 Å². The van der Waals surface area contributed by atoms with E-state index in [0.717, 1.165) is 5.76 Å². The third-order valence-electron chi connectivity index (χ3n) is 4.49. The monoisotopic (exact) mass is 403 g/mol. The average molecular weight is 404 g/mol. The molecule has 1 aliphatic heterocycles. The van der Waals surface area contributed by atoms with Gasteiger partial charge in [0.1, 0.15) is 23.4 Å². The Morgan fingerprint density at radius 2 is 1.93 bits per heavy atom. The van der Waals surface area contributed by atoms with Crippen LogP contribution >= 0.6 is 0 Å². The quantitative estimate of drug-likeness (QED) is 0.803. The van der Waals surface area contributed by atoms with Gasteiger partial charge in [-0.05, 0) is 43.5 Å². The van der Waals surface area contributed by atoms with Gasteiger partial charge in [-0.25, -0.2) is 8.42 Å². The molecule has 1 amide bonds. The van der Waals surface area contributed by atoms with Crippen LogP contribution in [0.15, 0.2) is 50.7 Å². The van der Waals surface area contributed by atoms with E-state index in [1.54, 1.807) is 30.1 Å². The minimum absolute atomic E-state index is 0.182. The molecule has 0 fully saturated rings. The fraction of sp³-hybridized carbons (Fsp3) is 0.400. The second-order valence-corrected chi connectivity index (χ2v) is 9.08. The maximum atomic E-state index is 13.1. The molecule has 0 bridgehead atoms. The highest BCUT2D eigenvalue weighted by Crippen LogP contribution is 2.24. The van der Waals surface area contributed by atoms with Crippen LogP contribution in [0.4, 0.5) is 0 Å². The number of aliphatic imine (C=N–C) groups is 1. The Balaban J connectivity index is 1.88. The van der Waals surface area contributed by atoms with E-state index in [9.17, 15) is 13.2 Å². The zero-order valence-electron chi connectivity index (χ0n) is 16.5. The number of benzene rings is 1. The van der Waals surface area contributed by atoms with Gasteiger partial charge >= 0.3 is 0 Å². The van der Waals surface area contributed by atoms with E-state index < -0.39 is 16.1 Å². The number of furan rings is 1. The number of carbonyl (C=O) groups excluding carboxylic acids is 1. The molecule has 150 valence electrons. The zero-order valence-corrected chi connectivity index (χ0v) is 17.3. The van der Waals surface area contributed by atoms with Crippen LogP contribution in [0.25, 0.3) is 0 Å². The van der Waals surface area contributed by atoms with Crippen LogP contribution in [0.3, 0.4) is 0 Å². The molecule has 0 spiro atoms. The van der Waals surface area contributed by atoms with Crippen molar-refractivity contribution in [2.75, 3.05) is 7.05 Å². The average Bonchev–Trinajstić information content (AvgIpc) is 3.14. The molecular weight excluding hydrogens is 378 g/mol. The number of amides is 1. The summed E-state index contributed by atoms with van der Waals surface area (Å²) in [5, 5.41) is 0. The van der Waals surface area contributed by atoms with E-state index >= 15 is 0 Å². The Morgan fingerprint density at radius 1 is 1.21 bits per heavy atom. The third kappa shape index (κ3) is 4.27. The van der Waals surface area contributed by atoms with Gasteiger partial charge < -0.3 is 9.32 Å². The number of nitrogens with one attached hydrogen (secondary N) is 1. The summed E-state index contributed by atoms with van der Waals surface area (Å²) in [6.45, 7) is 6.18. The summed E-state index contributed by atoms with van der Waals surface area (Å²) < 4.78 is 32.7. The number of fused-ring (bicyclic) bond motifs is 1. The van der Waals surface area contributed by atoms with Gasteiger partial charge in [0.15, 0.2) is 0 Å². The van der Waals surface area contributed by atoms with Crippen molar-refractivity contribution in [1.82, 2.24) is 9.62 Å². The van der Waals surface area contributed by atoms with E-state index in [1.807, 2.05) is 32.9 Å². The maximum absolute atomic E-state index is 13.1. The van der Waals surface area contributed by atoms with Crippen LogP contribution in [-0.2, 0) is 21.4 Å². The smallest absolute Gasteiger partial charge is 0.263 e. The highest BCUT2D eigenvalue weighted by atomic mass is 32.2. The summed E-state index contributed by atoms with van der Waals surface area (Å²) in [6.07, 6.45) is 0.508. The van der Waals surface area contributed by atoms with Crippen molar-refractivity contribution < 1.29 is 17.6 Å². The van der Waals surface area contributed by atoms with E-state index in [2.05, 4.69) is 9.71 Å². The van der Waals surface area contributed by atoms with Gasteiger partial charge in [0.05, 0.1) is 11.4 Å². The Labute approximate surface area is 165 Å². The van der Waals surface area contributed by atoms with Gasteiger partial charge in [0.2, 0.25) is 5.91 Å². The number of likely N-dealkylation sites (N-methyl/N-ethyl adjacent to an activating group) is 1. The minimum atomic E-state index is -3.64. The third-order valence-corrected chi connectivity index (χ3v) is 5.89. The lowest BCUT2D eigenvalue weighted by Gasteiger charge is -2.22. The Hall–Kier alpha value is -2.61. The van der Waals surface area contributed by atoms with Crippen LogP contribution in [0, 0.1) is 12.8 Å². The zero-order chi connectivity index (χ0) is 20.5. The molecule has 0 saturated heterocycles. The fourth-order valence-electron chi connectivity index (χ4n) is 3.18. The number of nitrogens with zero attached hydrogens (tertiary/aromatic N) is 2. The molecule has 1 atom stereocenters. The van der Waals surface area contributed by atoms with Crippen LogP contribution in [0.1, 0.15) is 37.4 Å². The van der Waals surface area contributed by atoms with Gasteiger partial charge in [-0.2, -0.15) is 0 Å². The normalized spacial score (nSPS) is 17.4. The molecule has 0 aliphatic carbocycles. The standard InChI is InChI=1S/C20H25N3O4S/c1-13(2)11-17(20(24)23(4)12-15-10-9-14(3)27-15)21-19-16-7-5-6-8-18(16)28(25,26)22-19/h5-10,13,17H,11-12H2,1-4H3,(H,21,22). The van der Waals surface area contributed by atoms with Crippen molar-refractivity contribution in [3.8, 4) is 0 Å². The molecule has 0 saturated carbocycles. The number of hydrogen-bond donors (Lipinski definition) is 1. The maximum Gasteiger partial charge on any atom is 0.263 e. The summed E-state index contributed by atoms with van der Waals surface area (Å²) >= 11 is 0. The lowest BCUT2D eigenvalue weighted by atomic mass is 10.0. The number of hydrogen-bond acceptors (Lipinski definition) is 5. The first-order valence-corrected chi connectivity index (χ1v) is 10.7. The van der Waals surface area contributed by atoms with Crippen molar-refractivity contribution in [2.45, 2.75) is 44.7 Å². The van der Waals surface area contributed by atoms with Gasteiger partial charge in [-0.3, -0.25) is 14.5 Å². The number of sulfonamides is 1. The molecule has 1 aromatic carbocycles. The second-order valence-electron chi connectivity index (χ2n) is 7.43. The molecule has 1 unspecified atom stereocenters. The van der Waals surface area contributed by atoms with Crippen molar-refractivity contribution >= 4 is 21.8 Å². The van der Waals surface area contributed by atoms with E-state index in [-0.39, 0.29) is 22.6 Å². The molecule has 2 heterocycles. The molecule has 28 heavy (non-hydrogen) atoms. The Morgan fingerprint density at radius 3 is 2.57 bits per heavy atom. The van der Waals surface area contributed by atoms with Gasteiger partial charge in [-0.1, -0.05) is 26.0 Å². The molecule has 7 nitrogen and oxygen atoms in total. The van der Waals surface area contributed by atoms with Gasteiger partial charge in [0.25, 0.3) is 10.0 Å². The summed E-state index contributed by atoms with van der Waals surface area (Å²) in [4.78, 5) is 19.3. The summed E-state index contributed by atoms with van der Waals surface area (Å²) in [7, 11) is -1.95. The second kappa shape index (κ2) is 7.79. The molecular formula is C20H25N3O4S. The minimum Gasteiger partial charge on any atom is -0.464 e. The highest BCUT2D eigenvalue weighted by Gasteiger charge is 2.32. The predicted octanol–water partition coefficient (Wildman–Crippen LogP) is 2.70. The lowest BCUT2D eigenvalue weighted by molar-refractivity contribution is -0.132. The summed E-state index contributed by atoms with van der Waals surface area (Å²) in [6, 6.07) is 9.64. The van der Waals surface area contributed by atoms with E-state index in [4.69, 9.17) is 4.42 Å². The first-order chi connectivity index (χ1) is 13.2. The molecule has 1 aliphatic rings. The number of amidine groups is 1. The fourth-order valence-corrected chi connectivity index (χ4v) is 4.42. The largest absolute Gasteiger partial charge is 0.464 e. The van der Waals surface area contributed by atoms with Crippen LogP contribution in [0.2, 0.25) is 0 Å². The van der Waals surface area contributed by atoms with Crippen molar-refractivity contribution in [2.24, 2.45) is 10.9 Å². The van der Waals surface area contributed by atoms with Crippen molar-refractivity contribution in [1.29, 1.82) is 0 Å². The molecule has 3 rings (SSSR count). The highest BCUT2D eigenvalue weighted by molar-refractivity contribution is 7.90. The molecule has 8 heteroatoms. The number of aryl methyl sites for hydroxylation is 1. The molecule has 1 N–H and O–H groups in total. The SMILES string of the molecule is Cc1ccc(CN(C)C(=O)C(CC(C)C)N=C2NS(=O)(=O)c3ccccc32)o1. The molecule has 1 aromatic heterocycles.